The zero-order valence-electron chi connectivity index (χ0n) is 18.1. The molecule has 3 aromatic carbocycles. The van der Waals surface area contributed by atoms with Crippen molar-refractivity contribution in [3.8, 4) is 22.8 Å². The molecule has 166 valence electrons. The second-order valence-corrected chi connectivity index (χ2v) is 8.72. The van der Waals surface area contributed by atoms with E-state index in [1.807, 2.05) is 30.5 Å². The van der Waals surface area contributed by atoms with Gasteiger partial charge in [0, 0.05) is 17.5 Å². The molecule has 0 bridgehead atoms. The highest BCUT2D eigenvalue weighted by atomic mass is 32.1. The van der Waals surface area contributed by atoms with Gasteiger partial charge < -0.3 is 14.0 Å². The van der Waals surface area contributed by atoms with E-state index >= 15 is 0 Å². The van der Waals surface area contributed by atoms with Crippen LogP contribution < -0.4 is 14.3 Å². The number of nitrogens with zero attached hydrogens (tertiary/aromatic N) is 3. The number of thiazole rings is 1. The lowest BCUT2D eigenvalue weighted by Gasteiger charge is -2.11. The molecule has 0 radical (unpaired) electrons. The molecule has 0 saturated carbocycles. The highest BCUT2D eigenvalue weighted by molar-refractivity contribution is 7.07. The summed E-state index contributed by atoms with van der Waals surface area (Å²) >= 11 is 1.54. The number of benzene rings is 3. The average Bonchev–Trinajstić information content (AvgIpc) is 3.43. The standard InChI is InChI=1S/C25H21N3O4S/c1-16-3-4-17(2)21(11-16)26-25-27(13-18-5-10-23-24(12-18)32-15-31-23)22(14-33-25)19-6-8-20(9-7-19)28(29)30/h3-12,14H,13,15H2,1-2H3. The first-order chi connectivity index (χ1) is 16.0. The highest BCUT2D eigenvalue weighted by Crippen LogP contribution is 2.33. The Balaban J connectivity index is 1.63. The largest absolute Gasteiger partial charge is 0.454 e. The van der Waals surface area contributed by atoms with E-state index in [9.17, 15) is 10.1 Å². The number of aromatic nitrogens is 1. The fraction of sp³-hybridized carbons (Fsp3) is 0.160. The van der Waals surface area contributed by atoms with Crippen LogP contribution in [-0.2, 0) is 6.54 Å². The molecule has 0 fully saturated rings. The molecule has 1 aromatic heterocycles. The third kappa shape index (κ3) is 4.25. The number of hydrogen-bond acceptors (Lipinski definition) is 6. The number of fused-ring (bicyclic) bond motifs is 1. The van der Waals surface area contributed by atoms with Gasteiger partial charge in [0.25, 0.3) is 5.69 Å². The Kier molecular flexibility index (Phi) is 5.43. The minimum atomic E-state index is -0.390. The van der Waals surface area contributed by atoms with Crippen LogP contribution in [0.25, 0.3) is 11.3 Å². The van der Waals surface area contributed by atoms with E-state index in [-0.39, 0.29) is 17.4 Å². The number of nitro benzene ring substituents is 1. The van der Waals surface area contributed by atoms with Crippen LogP contribution >= 0.6 is 11.3 Å². The summed E-state index contributed by atoms with van der Waals surface area (Å²) in [5.74, 6) is 1.47. The zero-order chi connectivity index (χ0) is 22.9. The van der Waals surface area contributed by atoms with Crippen LogP contribution in [0, 0.1) is 24.0 Å². The van der Waals surface area contributed by atoms with Crippen LogP contribution in [0.1, 0.15) is 16.7 Å². The van der Waals surface area contributed by atoms with Crippen molar-refractivity contribution in [2.45, 2.75) is 20.4 Å². The Morgan fingerprint density at radius 3 is 2.61 bits per heavy atom. The summed E-state index contributed by atoms with van der Waals surface area (Å²) in [5, 5.41) is 13.1. The second-order valence-electron chi connectivity index (χ2n) is 7.88. The summed E-state index contributed by atoms with van der Waals surface area (Å²) in [6.45, 7) is 4.89. The van der Waals surface area contributed by atoms with Crippen molar-refractivity contribution >= 4 is 22.7 Å². The molecular formula is C25H21N3O4S. The van der Waals surface area contributed by atoms with Crippen molar-refractivity contribution in [2.24, 2.45) is 4.99 Å². The molecule has 0 amide bonds. The predicted octanol–water partition coefficient (Wildman–Crippen LogP) is 5.75. The molecule has 33 heavy (non-hydrogen) atoms. The van der Waals surface area contributed by atoms with Crippen LogP contribution in [0.3, 0.4) is 0 Å². The monoisotopic (exact) mass is 459 g/mol. The van der Waals surface area contributed by atoms with Gasteiger partial charge in [-0.2, -0.15) is 0 Å². The van der Waals surface area contributed by atoms with Crippen LogP contribution in [0.4, 0.5) is 11.4 Å². The Morgan fingerprint density at radius 2 is 1.82 bits per heavy atom. The van der Waals surface area contributed by atoms with Crippen molar-refractivity contribution in [1.29, 1.82) is 0 Å². The SMILES string of the molecule is Cc1ccc(C)c(N=c2scc(-c3ccc([N+](=O)[O-])cc3)n2Cc2ccc3c(c2)OCO3)c1. The van der Waals surface area contributed by atoms with E-state index in [4.69, 9.17) is 14.5 Å². The van der Waals surface area contributed by atoms with Crippen molar-refractivity contribution in [1.82, 2.24) is 4.57 Å². The topological polar surface area (TPSA) is 78.9 Å². The highest BCUT2D eigenvalue weighted by Gasteiger charge is 2.16. The quantitative estimate of drug-likeness (QED) is 0.281. The first kappa shape index (κ1) is 21.0. The van der Waals surface area contributed by atoms with E-state index in [2.05, 4.69) is 29.7 Å². The van der Waals surface area contributed by atoms with Gasteiger partial charge in [-0.15, -0.1) is 11.3 Å². The maximum Gasteiger partial charge on any atom is 0.269 e. The van der Waals surface area contributed by atoms with Gasteiger partial charge in [0.1, 0.15) is 0 Å². The normalized spacial score (nSPS) is 12.8. The van der Waals surface area contributed by atoms with E-state index in [1.54, 1.807) is 23.5 Å². The maximum atomic E-state index is 11.1. The lowest BCUT2D eigenvalue weighted by Crippen LogP contribution is -2.16. The molecule has 0 atom stereocenters. The van der Waals surface area contributed by atoms with Crippen molar-refractivity contribution in [2.75, 3.05) is 6.79 Å². The van der Waals surface area contributed by atoms with Crippen molar-refractivity contribution in [3.05, 3.63) is 97.6 Å². The van der Waals surface area contributed by atoms with Gasteiger partial charge in [0.15, 0.2) is 16.3 Å². The summed E-state index contributed by atoms with van der Waals surface area (Å²) in [6.07, 6.45) is 0. The van der Waals surface area contributed by atoms with E-state index in [1.165, 1.54) is 12.1 Å². The molecule has 0 aliphatic carbocycles. The molecule has 0 spiro atoms. The van der Waals surface area contributed by atoms with Gasteiger partial charge in [-0.25, -0.2) is 4.99 Å². The van der Waals surface area contributed by atoms with Gasteiger partial charge >= 0.3 is 0 Å². The summed E-state index contributed by atoms with van der Waals surface area (Å²) in [7, 11) is 0. The van der Waals surface area contributed by atoms with Crippen LogP contribution in [0.15, 0.2) is 71.0 Å². The van der Waals surface area contributed by atoms with Crippen molar-refractivity contribution < 1.29 is 14.4 Å². The third-order valence-electron chi connectivity index (χ3n) is 5.53. The number of aryl methyl sites for hydroxylation is 2. The molecule has 7 nitrogen and oxygen atoms in total. The molecule has 2 heterocycles. The summed E-state index contributed by atoms with van der Waals surface area (Å²) in [6, 6.07) is 18.7. The zero-order valence-corrected chi connectivity index (χ0v) is 19.0. The minimum Gasteiger partial charge on any atom is -0.454 e. The maximum absolute atomic E-state index is 11.1. The molecule has 0 N–H and O–H groups in total. The lowest BCUT2D eigenvalue weighted by atomic mass is 10.1. The predicted molar refractivity (Wildman–Crippen MR) is 127 cm³/mol. The molecule has 4 aromatic rings. The Hall–Kier alpha value is -3.91. The van der Waals surface area contributed by atoms with Gasteiger partial charge in [-0.1, -0.05) is 18.2 Å². The number of ether oxygens (including phenoxy) is 2. The van der Waals surface area contributed by atoms with Gasteiger partial charge in [0.2, 0.25) is 6.79 Å². The molecular weight excluding hydrogens is 438 g/mol. The van der Waals surface area contributed by atoms with Crippen LogP contribution in [0.5, 0.6) is 11.5 Å². The van der Waals surface area contributed by atoms with Crippen LogP contribution in [-0.4, -0.2) is 16.3 Å². The molecule has 1 aliphatic rings. The lowest BCUT2D eigenvalue weighted by molar-refractivity contribution is -0.384. The first-order valence-electron chi connectivity index (χ1n) is 10.4. The Labute approximate surface area is 194 Å². The average molecular weight is 460 g/mol. The smallest absolute Gasteiger partial charge is 0.269 e. The molecule has 8 heteroatoms. The summed E-state index contributed by atoms with van der Waals surface area (Å²) in [5.41, 5.74) is 6.11. The molecule has 0 unspecified atom stereocenters. The first-order valence-corrected chi connectivity index (χ1v) is 11.3. The number of nitro groups is 1. The van der Waals surface area contributed by atoms with Gasteiger partial charge in [-0.3, -0.25) is 10.1 Å². The van der Waals surface area contributed by atoms with E-state index in [0.717, 1.165) is 49.9 Å². The molecule has 5 rings (SSSR count). The van der Waals surface area contributed by atoms with Gasteiger partial charge in [0.05, 0.1) is 22.8 Å². The van der Waals surface area contributed by atoms with E-state index in [0.29, 0.717) is 6.54 Å². The Bertz CT molecular complexity index is 1420. The fourth-order valence-corrected chi connectivity index (χ4v) is 4.64. The van der Waals surface area contributed by atoms with Crippen LogP contribution in [0.2, 0.25) is 0 Å². The summed E-state index contributed by atoms with van der Waals surface area (Å²) < 4.78 is 13.1. The fourth-order valence-electron chi connectivity index (χ4n) is 3.72. The number of hydrogen-bond donors (Lipinski definition) is 0. The third-order valence-corrected chi connectivity index (χ3v) is 6.39. The molecule has 0 saturated heterocycles. The van der Waals surface area contributed by atoms with Gasteiger partial charge in [-0.05, 0) is 66.4 Å². The van der Waals surface area contributed by atoms with E-state index < -0.39 is 0 Å². The summed E-state index contributed by atoms with van der Waals surface area (Å²) in [4.78, 5) is 16.5. The second kappa shape index (κ2) is 8.55. The number of non-ortho nitro benzene ring substituents is 1. The van der Waals surface area contributed by atoms with Crippen molar-refractivity contribution in [3.63, 3.8) is 0 Å². The molecule has 1 aliphatic heterocycles. The number of rotatable bonds is 5. The Morgan fingerprint density at radius 1 is 1.03 bits per heavy atom. The minimum absolute atomic E-state index is 0.0663.